The zero-order valence-electron chi connectivity index (χ0n) is 10.7. The van der Waals surface area contributed by atoms with Crippen LogP contribution in [-0.2, 0) is 9.53 Å². The van der Waals surface area contributed by atoms with E-state index in [1.54, 1.807) is 12.3 Å². The van der Waals surface area contributed by atoms with Gasteiger partial charge in [0.25, 0.3) is 0 Å². The molecular formula is C13H15ClF2N2O2. The highest BCUT2D eigenvalue weighted by atomic mass is 35.5. The summed E-state index contributed by atoms with van der Waals surface area (Å²) in [5.41, 5.74) is 6.36. The molecule has 2 rings (SSSR count). The number of carbonyl (C=O) groups is 1. The number of H-pyrrole nitrogens is 1. The molecule has 3 N–H and O–H groups in total. The Morgan fingerprint density at radius 3 is 2.80 bits per heavy atom. The largest absolute Gasteiger partial charge is 0.462 e. The number of fused-ring (bicyclic) bond motifs is 1. The van der Waals surface area contributed by atoms with E-state index in [0.717, 1.165) is 5.39 Å². The summed E-state index contributed by atoms with van der Waals surface area (Å²) in [6, 6.07) is 4.73. The van der Waals surface area contributed by atoms with Gasteiger partial charge in [0.1, 0.15) is 6.04 Å². The van der Waals surface area contributed by atoms with E-state index in [1.807, 2.05) is 6.07 Å². The molecule has 20 heavy (non-hydrogen) atoms. The third-order valence-corrected chi connectivity index (χ3v) is 2.88. The highest BCUT2D eigenvalue weighted by Crippen LogP contribution is 2.31. The van der Waals surface area contributed by atoms with Gasteiger partial charge < -0.3 is 15.5 Å². The Bertz CT molecular complexity index is 601. The van der Waals surface area contributed by atoms with Gasteiger partial charge in [0.05, 0.1) is 6.61 Å². The molecule has 1 aromatic heterocycles. The number of nitrogens with two attached hydrogens (primary N) is 1. The summed E-state index contributed by atoms with van der Waals surface area (Å²) < 4.78 is 31.9. The highest BCUT2D eigenvalue weighted by molar-refractivity contribution is 5.85. The first-order valence-corrected chi connectivity index (χ1v) is 5.84. The maximum absolute atomic E-state index is 13.8. The molecular weight excluding hydrogens is 290 g/mol. The van der Waals surface area contributed by atoms with Crippen LogP contribution in [-0.4, -0.2) is 23.5 Å². The van der Waals surface area contributed by atoms with E-state index in [0.29, 0.717) is 5.52 Å². The van der Waals surface area contributed by atoms with Crippen LogP contribution in [0.1, 0.15) is 18.5 Å². The zero-order chi connectivity index (χ0) is 14.0. The summed E-state index contributed by atoms with van der Waals surface area (Å²) >= 11 is 0. The molecule has 0 radical (unpaired) electrons. The van der Waals surface area contributed by atoms with Crippen LogP contribution in [0, 0.1) is 0 Å². The average molecular weight is 305 g/mol. The predicted octanol–water partition coefficient (Wildman–Crippen LogP) is 2.79. The summed E-state index contributed by atoms with van der Waals surface area (Å²) in [6.45, 7) is 1.35. The zero-order valence-corrected chi connectivity index (χ0v) is 11.5. The van der Waals surface area contributed by atoms with Crippen molar-refractivity contribution in [1.29, 1.82) is 0 Å². The van der Waals surface area contributed by atoms with Crippen LogP contribution in [0.4, 0.5) is 8.78 Å². The van der Waals surface area contributed by atoms with E-state index in [-0.39, 0.29) is 24.6 Å². The van der Waals surface area contributed by atoms with Gasteiger partial charge in [0, 0.05) is 11.7 Å². The minimum Gasteiger partial charge on any atom is -0.462 e. The van der Waals surface area contributed by atoms with E-state index in [4.69, 9.17) is 5.73 Å². The van der Waals surface area contributed by atoms with Crippen molar-refractivity contribution in [2.24, 2.45) is 5.73 Å². The first-order chi connectivity index (χ1) is 8.96. The molecule has 0 unspecified atom stereocenters. The molecule has 1 heterocycles. The number of rotatable bonds is 4. The van der Waals surface area contributed by atoms with E-state index in [2.05, 4.69) is 9.72 Å². The molecule has 0 saturated heterocycles. The molecule has 0 fully saturated rings. The van der Waals surface area contributed by atoms with Gasteiger partial charge in [0.2, 0.25) is 0 Å². The van der Waals surface area contributed by atoms with Crippen LogP contribution >= 0.6 is 12.4 Å². The van der Waals surface area contributed by atoms with Gasteiger partial charge in [-0.05, 0) is 30.0 Å². The molecule has 0 bridgehead atoms. The van der Waals surface area contributed by atoms with Gasteiger partial charge in [-0.25, -0.2) is 4.79 Å². The fraction of sp³-hybridized carbons (Fsp3) is 0.308. The monoisotopic (exact) mass is 304 g/mol. The van der Waals surface area contributed by atoms with Crippen molar-refractivity contribution in [3.63, 3.8) is 0 Å². The molecule has 0 saturated carbocycles. The Labute approximate surface area is 120 Å². The number of aromatic amines is 1. The average Bonchev–Trinajstić information content (AvgIpc) is 2.85. The summed E-state index contributed by atoms with van der Waals surface area (Å²) in [6.07, 6.45) is 1.70. The molecule has 0 spiro atoms. The smallest absolute Gasteiger partial charge is 0.379 e. The standard InChI is InChI=1S/C13H14F2N2O2.ClH/c1-2-19-12(18)13(14,15)11(16)9-4-3-8-5-6-17-10(8)7-9;/h3-7,11,17H,2,16H2,1H3;1H/t11-;/m1./s1. The van der Waals surface area contributed by atoms with Gasteiger partial charge in [-0.15, -0.1) is 12.4 Å². The number of hydrogen-bond donors (Lipinski definition) is 2. The van der Waals surface area contributed by atoms with Gasteiger partial charge in [0.15, 0.2) is 0 Å². The lowest BCUT2D eigenvalue weighted by atomic mass is 10.0. The third-order valence-electron chi connectivity index (χ3n) is 2.88. The Morgan fingerprint density at radius 2 is 2.15 bits per heavy atom. The highest BCUT2D eigenvalue weighted by Gasteiger charge is 2.47. The SMILES string of the molecule is CCOC(=O)C(F)(F)[C@H](N)c1ccc2cc[nH]c2c1.Cl. The maximum Gasteiger partial charge on any atom is 0.379 e. The lowest BCUT2D eigenvalue weighted by Crippen LogP contribution is -2.41. The lowest BCUT2D eigenvalue weighted by Gasteiger charge is -2.21. The topological polar surface area (TPSA) is 68.1 Å². The summed E-state index contributed by atoms with van der Waals surface area (Å²) in [5.74, 6) is -5.36. The lowest BCUT2D eigenvalue weighted by molar-refractivity contribution is -0.174. The molecule has 1 aromatic carbocycles. The van der Waals surface area contributed by atoms with Crippen LogP contribution < -0.4 is 5.73 Å². The van der Waals surface area contributed by atoms with Gasteiger partial charge in [-0.1, -0.05) is 12.1 Å². The molecule has 0 amide bonds. The van der Waals surface area contributed by atoms with Crippen molar-refractivity contribution in [2.75, 3.05) is 6.61 Å². The van der Waals surface area contributed by atoms with E-state index in [9.17, 15) is 13.6 Å². The fourth-order valence-electron chi connectivity index (χ4n) is 1.82. The minimum absolute atomic E-state index is 0. The molecule has 110 valence electrons. The first-order valence-electron chi connectivity index (χ1n) is 5.84. The van der Waals surface area contributed by atoms with E-state index in [1.165, 1.54) is 19.1 Å². The normalized spacial score (nSPS) is 12.8. The summed E-state index contributed by atoms with van der Waals surface area (Å²) in [4.78, 5) is 14.1. The van der Waals surface area contributed by atoms with Crippen molar-refractivity contribution in [1.82, 2.24) is 4.98 Å². The number of aromatic nitrogens is 1. The molecule has 4 nitrogen and oxygen atoms in total. The van der Waals surface area contributed by atoms with Crippen LogP contribution in [0.15, 0.2) is 30.5 Å². The molecule has 0 aliphatic heterocycles. The van der Waals surface area contributed by atoms with Crippen LogP contribution in [0.5, 0.6) is 0 Å². The second-order valence-corrected chi connectivity index (χ2v) is 4.15. The van der Waals surface area contributed by atoms with Crippen molar-refractivity contribution < 1.29 is 18.3 Å². The predicted molar refractivity (Wildman–Crippen MR) is 74.1 cm³/mol. The Morgan fingerprint density at radius 1 is 1.45 bits per heavy atom. The van der Waals surface area contributed by atoms with E-state index < -0.39 is 17.9 Å². The van der Waals surface area contributed by atoms with Crippen LogP contribution in [0.2, 0.25) is 0 Å². The number of alkyl halides is 2. The number of esters is 1. The van der Waals surface area contributed by atoms with Crippen LogP contribution in [0.3, 0.4) is 0 Å². The van der Waals surface area contributed by atoms with Crippen molar-refractivity contribution in [3.05, 3.63) is 36.0 Å². The fourth-order valence-corrected chi connectivity index (χ4v) is 1.82. The third kappa shape index (κ3) is 2.91. The first kappa shape index (κ1) is 16.4. The van der Waals surface area contributed by atoms with Crippen molar-refractivity contribution in [2.45, 2.75) is 18.9 Å². The molecule has 0 aliphatic carbocycles. The van der Waals surface area contributed by atoms with Gasteiger partial charge in [-0.3, -0.25) is 0 Å². The molecule has 1 atom stereocenters. The molecule has 2 aromatic rings. The minimum atomic E-state index is -3.75. The Hall–Kier alpha value is -1.66. The maximum atomic E-state index is 13.8. The summed E-state index contributed by atoms with van der Waals surface area (Å²) in [5, 5.41) is 0.885. The second-order valence-electron chi connectivity index (χ2n) is 4.15. The number of ether oxygens (including phenoxy) is 1. The van der Waals surface area contributed by atoms with Gasteiger partial charge in [-0.2, -0.15) is 8.78 Å². The van der Waals surface area contributed by atoms with Crippen molar-refractivity contribution in [3.8, 4) is 0 Å². The van der Waals surface area contributed by atoms with E-state index >= 15 is 0 Å². The number of carbonyl (C=O) groups excluding carboxylic acids is 1. The number of nitrogens with one attached hydrogen (secondary N) is 1. The Balaban J connectivity index is 0.00000200. The van der Waals surface area contributed by atoms with Gasteiger partial charge >= 0.3 is 11.9 Å². The molecule has 0 aliphatic rings. The number of hydrogen-bond acceptors (Lipinski definition) is 3. The Kier molecular flexibility index (Phi) is 5.08. The number of halogens is 3. The summed E-state index contributed by atoms with van der Waals surface area (Å²) in [7, 11) is 0. The second kappa shape index (κ2) is 6.19. The van der Waals surface area contributed by atoms with Crippen molar-refractivity contribution >= 4 is 29.3 Å². The van der Waals surface area contributed by atoms with Crippen LogP contribution in [0.25, 0.3) is 10.9 Å². The quantitative estimate of drug-likeness (QED) is 0.853. The number of benzene rings is 1. The molecule has 7 heteroatoms.